The van der Waals surface area contributed by atoms with Crippen LogP contribution in [-0.4, -0.2) is 61.7 Å². The van der Waals surface area contributed by atoms with Crippen LogP contribution in [0.5, 0.6) is 5.75 Å². The van der Waals surface area contributed by atoms with Gasteiger partial charge in [-0.25, -0.2) is 13.1 Å². The van der Waals surface area contributed by atoms with Crippen molar-refractivity contribution in [3.05, 3.63) is 82.9 Å². The molecule has 0 saturated heterocycles. The summed E-state index contributed by atoms with van der Waals surface area (Å²) < 4.78 is 34.6. The van der Waals surface area contributed by atoms with Gasteiger partial charge >= 0.3 is 0 Å². The van der Waals surface area contributed by atoms with Crippen LogP contribution < -0.4 is 14.4 Å². The van der Waals surface area contributed by atoms with Crippen LogP contribution in [0, 0.1) is 11.8 Å². The van der Waals surface area contributed by atoms with E-state index in [9.17, 15) is 23.4 Å². The summed E-state index contributed by atoms with van der Waals surface area (Å²) in [6.07, 6.45) is 10.6. The van der Waals surface area contributed by atoms with Crippen molar-refractivity contribution in [1.82, 2.24) is 4.72 Å². The van der Waals surface area contributed by atoms with Crippen molar-refractivity contribution >= 4 is 33.2 Å². The first-order valence-electron chi connectivity index (χ1n) is 16.5. The van der Waals surface area contributed by atoms with E-state index in [0.29, 0.717) is 30.5 Å². The molecule has 250 valence electrons. The van der Waals surface area contributed by atoms with Gasteiger partial charge in [0.2, 0.25) is 10.0 Å². The van der Waals surface area contributed by atoms with Gasteiger partial charge in [0.25, 0.3) is 5.91 Å². The fourth-order valence-electron chi connectivity index (χ4n) is 7.20. The lowest BCUT2D eigenvalue weighted by Gasteiger charge is -2.45. The number of fused-ring (bicyclic) bond motifs is 3. The second-order valence-corrected chi connectivity index (χ2v) is 15.7. The van der Waals surface area contributed by atoms with Gasteiger partial charge in [0.05, 0.1) is 24.5 Å². The Balaban J connectivity index is 1.47. The van der Waals surface area contributed by atoms with E-state index in [1.54, 1.807) is 18.2 Å². The maximum Gasteiger partial charge on any atom is 0.264 e. The van der Waals surface area contributed by atoms with Crippen LogP contribution in [0.4, 0.5) is 5.69 Å². The van der Waals surface area contributed by atoms with Gasteiger partial charge in [-0.3, -0.25) is 4.79 Å². The maximum atomic E-state index is 13.4. The number of nitrogens with one attached hydrogen (secondary N) is 1. The number of hydrogen-bond acceptors (Lipinski definition) is 7. The first-order valence-corrected chi connectivity index (χ1v) is 18.4. The summed E-state index contributed by atoms with van der Waals surface area (Å²) in [4.78, 5) is 15.7. The van der Waals surface area contributed by atoms with Gasteiger partial charge in [-0.1, -0.05) is 49.2 Å². The van der Waals surface area contributed by atoms with Gasteiger partial charge in [0, 0.05) is 29.1 Å². The van der Waals surface area contributed by atoms with Crippen LogP contribution in [0.3, 0.4) is 0 Å². The minimum absolute atomic E-state index is 0.0871. The highest BCUT2D eigenvalue weighted by Gasteiger charge is 2.44. The molecule has 1 saturated carbocycles. The Morgan fingerprint density at radius 1 is 1.24 bits per heavy atom. The average Bonchev–Trinajstić information content (AvgIpc) is 3.15. The zero-order chi connectivity index (χ0) is 33.1. The van der Waals surface area contributed by atoms with Crippen molar-refractivity contribution in [2.75, 3.05) is 24.6 Å². The average molecular weight is 671 g/mol. The number of carbonyl (C=O) groups is 1. The van der Waals surface area contributed by atoms with Crippen molar-refractivity contribution < 1.29 is 28.2 Å². The van der Waals surface area contributed by atoms with Crippen LogP contribution in [0.15, 0.2) is 61.2 Å². The number of amides is 1. The third-order valence-electron chi connectivity index (χ3n) is 10.1. The summed E-state index contributed by atoms with van der Waals surface area (Å²) in [5.74, 6) is 0.235. The largest absolute Gasteiger partial charge is 0.490 e. The summed E-state index contributed by atoms with van der Waals surface area (Å²) in [7, 11) is -4.16. The van der Waals surface area contributed by atoms with Crippen LogP contribution in [-0.2, 0) is 21.9 Å². The molecule has 1 spiro atoms. The highest BCUT2D eigenvalue weighted by atomic mass is 35.5. The standard InChI is InChI=1S/C36H47ClN2O6S/c1-4-6-7-11-33(41)29-15-12-27(29)21-39-22-36(18-8-10-25-19-28(37)14-16-30(25)36)23-45-34-17-13-26(20-31(34)39)35(42)38-46(43,44)24(3)32(40)9-5-2/h5,7,11,13-14,16-17,19-20,24,27,29,32-33,40-41H,2,4,6,8-10,12,15,18,21-23H2,1,3H3,(H,38,42)/b11-7+/t24?,27-,29+,32?,33?,36-/m0/s1. The number of ether oxygens (including phenoxy) is 1. The lowest BCUT2D eigenvalue weighted by atomic mass is 9.68. The smallest absolute Gasteiger partial charge is 0.264 e. The monoisotopic (exact) mass is 670 g/mol. The first-order chi connectivity index (χ1) is 22.0. The predicted octanol–water partition coefficient (Wildman–Crippen LogP) is 5.94. The van der Waals surface area contributed by atoms with Crippen LogP contribution >= 0.6 is 11.6 Å². The fraction of sp³-hybridized carbons (Fsp3) is 0.528. The molecular formula is C36H47ClN2O6S. The molecule has 0 bridgehead atoms. The Bertz CT molecular complexity index is 1560. The highest BCUT2D eigenvalue weighted by molar-refractivity contribution is 7.90. The van der Waals surface area contributed by atoms with E-state index in [4.69, 9.17) is 16.3 Å². The molecule has 5 rings (SSSR count). The second kappa shape index (κ2) is 14.5. The van der Waals surface area contributed by atoms with Crippen LogP contribution in [0.1, 0.15) is 80.3 Å². The number of rotatable bonds is 12. The van der Waals surface area contributed by atoms with Crippen molar-refractivity contribution in [2.45, 2.75) is 88.1 Å². The molecule has 2 aromatic carbocycles. The summed E-state index contributed by atoms with van der Waals surface area (Å²) in [6.45, 7) is 8.81. The molecule has 3 N–H and O–H groups in total. The zero-order valence-corrected chi connectivity index (χ0v) is 28.4. The van der Waals surface area contributed by atoms with Gasteiger partial charge in [0.15, 0.2) is 0 Å². The van der Waals surface area contributed by atoms with Gasteiger partial charge in [-0.2, -0.15) is 0 Å². The molecule has 0 aromatic heterocycles. The molecule has 3 unspecified atom stereocenters. The van der Waals surface area contributed by atoms with E-state index in [2.05, 4.69) is 41.3 Å². The number of hydrogen-bond donors (Lipinski definition) is 3. The molecule has 46 heavy (non-hydrogen) atoms. The van der Waals surface area contributed by atoms with Crippen LogP contribution in [0.25, 0.3) is 0 Å². The Hall–Kier alpha value is -2.85. The Morgan fingerprint density at radius 3 is 2.76 bits per heavy atom. The number of carbonyl (C=O) groups excluding carboxylic acids is 1. The van der Waals surface area contributed by atoms with Gasteiger partial charge in [-0.15, -0.1) is 6.58 Å². The van der Waals surface area contributed by atoms with E-state index in [1.807, 2.05) is 12.1 Å². The van der Waals surface area contributed by atoms with E-state index < -0.39 is 33.4 Å². The van der Waals surface area contributed by atoms with Gasteiger partial charge < -0.3 is 19.8 Å². The lowest BCUT2D eigenvalue weighted by molar-refractivity contribution is 0.0456. The number of aliphatic hydroxyl groups is 2. The number of unbranched alkanes of at least 4 members (excludes halogenated alkanes) is 1. The molecule has 3 aliphatic rings. The molecule has 2 aliphatic carbocycles. The molecule has 1 amide bonds. The fourth-order valence-corrected chi connectivity index (χ4v) is 8.49. The molecule has 2 aromatic rings. The molecule has 10 heteroatoms. The van der Waals surface area contributed by atoms with Gasteiger partial charge in [0.1, 0.15) is 11.0 Å². The third-order valence-corrected chi connectivity index (χ3v) is 12.1. The molecule has 1 aliphatic heterocycles. The Kier molecular flexibility index (Phi) is 10.9. The van der Waals surface area contributed by atoms with Crippen LogP contribution in [0.2, 0.25) is 5.02 Å². The predicted molar refractivity (Wildman–Crippen MR) is 183 cm³/mol. The molecule has 0 radical (unpaired) electrons. The first kappa shape index (κ1) is 34.5. The Labute approximate surface area is 278 Å². The van der Waals surface area contributed by atoms with Crippen molar-refractivity contribution in [2.24, 2.45) is 11.8 Å². The number of aryl methyl sites for hydroxylation is 1. The number of halogens is 1. The third kappa shape index (κ3) is 7.33. The maximum absolute atomic E-state index is 13.4. The SMILES string of the molecule is C=CCC(O)C(C)S(=O)(=O)NC(=O)c1ccc2c(c1)N(C[C@@H]1CC[C@H]1C(O)/C=C/CCC)C[C@@]1(CCCc3cc(Cl)ccc31)CO2. The zero-order valence-electron chi connectivity index (χ0n) is 26.8. The van der Waals surface area contributed by atoms with E-state index >= 15 is 0 Å². The summed E-state index contributed by atoms with van der Waals surface area (Å²) in [6, 6.07) is 11.1. The van der Waals surface area contributed by atoms with E-state index in [0.717, 1.165) is 50.6 Å². The van der Waals surface area contributed by atoms with E-state index in [-0.39, 0.29) is 29.2 Å². The summed E-state index contributed by atoms with van der Waals surface area (Å²) in [5, 5.41) is 20.8. The number of benzene rings is 2. The second-order valence-electron chi connectivity index (χ2n) is 13.3. The number of nitrogens with zero attached hydrogens (tertiary/aromatic N) is 1. The number of anilines is 1. The topological polar surface area (TPSA) is 116 Å². The molecule has 6 atom stereocenters. The van der Waals surface area contributed by atoms with E-state index in [1.165, 1.54) is 24.1 Å². The number of allylic oxidation sites excluding steroid dienone is 1. The summed E-state index contributed by atoms with van der Waals surface area (Å²) >= 11 is 6.40. The summed E-state index contributed by atoms with van der Waals surface area (Å²) in [5.41, 5.74) is 3.05. The van der Waals surface area contributed by atoms with Crippen molar-refractivity contribution in [3.8, 4) is 5.75 Å². The quantitative estimate of drug-likeness (QED) is 0.239. The normalized spacial score (nSPS) is 24.6. The minimum Gasteiger partial charge on any atom is -0.490 e. The molecule has 1 heterocycles. The number of aliphatic hydroxyl groups excluding tert-OH is 2. The highest BCUT2D eigenvalue weighted by Crippen LogP contribution is 2.46. The molecular weight excluding hydrogens is 624 g/mol. The minimum atomic E-state index is -4.16. The lowest BCUT2D eigenvalue weighted by Crippen LogP contribution is -2.49. The molecule has 8 nitrogen and oxygen atoms in total. The Morgan fingerprint density at radius 2 is 2.04 bits per heavy atom. The van der Waals surface area contributed by atoms with Gasteiger partial charge in [-0.05, 0) is 105 Å². The number of sulfonamides is 1. The van der Waals surface area contributed by atoms with Crippen molar-refractivity contribution in [3.63, 3.8) is 0 Å². The van der Waals surface area contributed by atoms with Crippen molar-refractivity contribution in [1.29, 1.82) is 0 Å². The molecule has 1 fully saturated rings.